The van der Waals surface area contributed by atoms with Gasteiger partial charge in [0.2, 0.25) is 19.7 Å². The molecule has 4 aliphatic heterocycles. The molecule has 0 unspecified atom stereocenters. The Kier molecular flexibility index (Phi) is 18.7. The number of nitrogens with zero attached hydrogens (tertiary/aromatic N) is 4. The quantitative estimate of drug-likeness (QED) is 0.0724. The molecule has 8 amide bonds. The van der Waals surface area contributed by atoms with Crippen LogP contribution in [0, 0.1) is 13.8 Å². The maximum atomic E-state index is 13.8. The molecule has 0 aromatic heterocycles. The maximum Gasteiger partial charge on any atom is 0.269 e. The number of benzene rings is 12. The van der Waals surface area contributed by atoms with Crippen molar-refractivity contribution >= 4 is 78.3 Å². The number of rotatable bonds is 18. The molecule has 0 N–H and O–H groups in total. The molecule has 556 valence electrons. The highest BCUT2D eigenvalue weighted by Crippen LogP contribution is 2.43. The summed E-state index contributed by atoms with van der Waals surface area (Å²) in [6.45, 7) is 12.1. The van der Waals surface area contributed by atoms with Crippen LogP contribution in [0.4, 0.5) is 11.4 Å². The van der Waals surface area contributed by atoms with Crippen molar-refractivity contribution in [3.05, 3.63) is 345 Å². The number of fused-ring (bicyclic) bond motifs is 4. The Morgan fingerprint density at radius 2 is 0.545 bits per heavy atom. The van der Waals surface area contributed by atoms with Crippen molar-refractivity contribution in [2.45, 2.75) is 72.0 Å². The van der Waals surface area contributed by atoms with E-state index in [2.05, 4.69) is 27.7 Å². The monoisotopic (exact) mass is 1520 g/mol. The molecule has 0 saturated heterocycles. The van der Waals surface area contributed by atoms with E-state index < -0.39 is 60.0 Å². The van der Waals surface area contributed by atoms with Crippen LogP contribution in [-0.4, -0.2) is 88.0 Å². The molecule has 22 heteroatoms. The lowest BCUT2D eigenvalue weighted by atomic mass is 9.78. The highest BCUT2D eigenvalue weighted by atomic mass is 32.2. The molecule has 0 fully saturated rings. The minimum absolute atomic E-state index is 0.0424. The molecular weight excluding hydrogens is 1460 g/mol. The minimum atomic E-state index is -3.80. The smallest absolute Gasteiger partial charge is 0.269 e. The lowest BCUT2D eigenvalue weighted by molar-refractivity contribution is 0.0677. The van der Waals surface area contributed by atoms with Gasteiger partial charge in [-0.3, -0.25) is 48.2 Å². The third-order valence-electron chi connectivity index (χ3n) is 20.6. The van der Waals surface area contributed by atoms with Gasteiger partial charge in [-0.1, -0.05) is 124 Å². The van der Waals surface area contributed by atoms with Gasteiger partial charge in [-0.25, -0.2) is 26.6 Å². The summed E-state index contributed by atoms with van der Waals surface area (Å²) < 4.78 is 77.0. The number of hydrogen-bond acceptors (Lipinski definition) is 16. The lowest BCUT2D eigenvalue weighted by Crippen LogP contribution is -2.29. The van der Waals surface area contributed by atoms with E-state index >= 15 is 0 Å². The highest BCUT2D eigenvalue weighted by molar-refractivity contribution is 7.91. The number of aryl methyl sites for hydroxylation is 2. The van der Waals surface area contributed by atoms with Gasteiger partial charge >= 0.3 is 0 Å². The van der Waals surface area contributed by atoms with Crippen LogP contribution in [0.25, 0.3) is 0 Å². The third-order valence-corrected chi connectivity index (χ3v) is 24.2. The number of amides is 8. The zero-order valence-corrected chi connectivity index (χ0v) is 63.2. The van der Waals surface area contributed by atoms with Crippen LogP contribution in [0.3, 0.4) is 0 Å². The zero-order chi connectivity index (χ0) is 79.0. The number of ether oxygens (including phenoxy) is 4. The average Bonchev–Trinajstić information content (AvgIpc) is 1.62. The second kappa shape index (κ2) is 28.4. The Labute approximate surface area is 645 Å². The van der Waals surface area contributed by atoms with Crippen LogP contribution >= 0.6 is 0 Å². The van der Waals surface area contributed by atoms with Gasteiger partial charge < -0.3 is 18.9 Å². The van der Waals surface area contributed by atoms with Crippen molar-refractivity contribution in [2.75, 3.05) is 23.9 Å². The van der Waals surface area contributed by atoms with Crippen molar-refractivity contribution < 1.29 is 74.1 Å². The fraction of sp³-hybridized carbons (Fsp3) is 0.111. The van der Waals surface area contributed by atoms with Crippen LogP contribution in [-0.2, 0) is 30.5 Å². The Bertz CT molecular complexity index is 6170. The molecule has 0 atom stereocenters. The lowest BCUT2D eigenvalue weighted by Gasteiger charge is -2.26. The van der Waals surface area contributed by atoms with Gasteiger partial charge in [0.25, 0.3) is 47.3 Å². The van der Waals surface area contributed by atoms with E-state index in [1.54, 1.807) is 127 Å². The van der Waals surface area contributed by atoms with E-state index in [1.165, 1.54) is 68.7 Å². The molecule has 112 heavy (non-hydrogen) atoms. The summed E-state index contributed by atoms with van der Waals surface area (Å²) in [7, 11) is -4.68. The predicted molar refractivity (Wildman–Crippen MR) is 417 cm³/mol. The van der Waals surface area contributed by atoms with Gasteiger partial charge in [0.05, 0.1) is 75.5 Å². The third kappa shape index (κ3) is 13.3. The molecule has 4 aliphatic rings. The number of sulfone groups is 2. The molecule has 16 rings (SSSR count). The second-order valence-corrected chi connectivity index (χ2v) is 32.3. The predicted octanol–water partition coefficient (Wildman–Crippen LogP) is 17.5. The normalized spacial score (nSPS) is 13.9. The SMILES string of the molecule is Cc1ccc(S(=O)(=O)c2ccc(N3C(=O)c4ccc(Oc5ccc(C(C)(C)c6ccc(Oc7ccc8c(c7)C(=O)N(C)C8=O)cc6)cc5)cc4C3=O)cc2)cc1.Cc1ccc(S(=O)(=O)c2ccc(N3C(=O)c4cccc(Oc5ccc(C(C)(C)c6ccc(Oc7cccc8c7C(=O)N(C)C8=O)cc6)cc5)c4C3=O)cc2)cc1. The summed E-state index contributed by atoms with van der Waals surface area (Å²) in [5.74, 6) is -0.162. The first-order chi connectivity index (χ1) is 53.5. The number of hydrogen-bond donors (Lipinski definition) is 0. The standard InChI is InChI=1S/2C45H34N2O8S/c1-27-5-19-35(20-6-27)56(52,53)36-21-11-30(12-22-36)47-43(50)38-24-18-34(26-40(38)44(47)51)55-32-15-9-29(10-16-32)45(2,3)28-7-13-31(14-8-28)54-33-17-23-37-39(25-33)42(49)46(4)41(37)48;1-27-11-23-33(24-12-27)56(52,53)34-25-17-30(18-26-34)47-42(49)36-8-6-10-38(40(36)44(47)51)55-32-21-15-29(16-22-32)45(2,3)28-13-19-31(20-14-28)54-37-9-5-7-35-39(37)43(50)46(4)41(35)48/h2*5-26H,1-4H3. The summed E-state index contributed by atoms with van der Waals surface area (Å²) in [4.78, 5) is 109. The summed E-state index contributed by atoms with van der Waals surface area (Å²) in [5.41, 5.74) is 7.50. The van der Waals surface area contributed by atoms with E-state index in [-0.39, 0.29) is 82.2 Å². The fourth-order valence-electron chi connectivity index (χ4n) is 13.8. The molecule has 0 saturated carbocycles. The number of carbonyl (C=O) groups is 8. The van der Waals surface area contributed by atoms with Gasteiger partial charge in [-0.05, 0) is 218 Å². The van der Waals surface area contributed by atoms with Gasteiger partial charge in [0.1, 0.15) is 46.0 Å². The highest BCUT2D eigenvalue weighted by Gasteiger charge is 2.42. The first kappa shape index (κ1) is 73.8. The van der Waals surface area contributed by atoms with Crippen LogP contribution < -0.4 is 28.7 Å². The fourth-order valence-corrected chi connectivity index (χ4v) is 16.3. The van der Waals surface area contributed by atoms with Gasteiger partial charge in [0, 0.05) is 24.9 Å². The van der Waals surface area contributed by atoms with Crippen LogP contribution in [0.5, 0.6) is 46.0 Å². The van der Waals surface area contributed by atoms with E-state index in [1.807, 2.05) is 98.8 Å². The first-order valence-corrected chi connectivity index (χ1v) is 38.4. The number of anilines is 2. The van der Waals surface area contributed by atoms with Gasteiger partial charge in [-0.2, -0.15) is 0 Å². The van der Waals surface area contributed by atoms with Crippen molar-refractivity contribution in [3.8, 4) is 46.0 Å². The molecule has 12 aromatic rings. The van der Waals surface area contributed by atoms with Crippen molar-refractivity contribution in [1.82, 2.24) is 9.80 Å². The molecule has 0 radical (unpaired) electrons. The minimum Gasteiger partial charge on any atom is -0.457 e. The average molecular weight is 1530 g/mol. The van der Waals surface area contributed by atoms with Crippen LogP contribution in [0.1, 0.15) is 144 Å². The summed E-state index contributed by atoms with van der Waals surface area (Å²) >= 11 is 0. The number of carbonyl (C=O) groups excluding carboxylic acids is 8. The largest absolute Gasteiger partial charge is 0.457 e. The van der Waals surface area contributed by atoms with E-state index in [0.717, 1.165) is 53.0 Å². The van der Waals surface area contributed by atoms with E-state index in [9.17, 15) is 55.2 Å². The Hall–Kier alpha value is -13.7. The van der Waals surface area contributed by atoms with E-state index in [4.69, 9.17) is 18.9 Å². The second-order valence-electron chi connectivity index (χ2n) is 28.4. The Morgan fingerprint density at radius 1 is 0.268 bits per heavy atom. The topological polar surface area (TPSA) is 255 Å². The zero-order valence-electron chi connectivity index (χ0n) is 61.5. The summed E-state index contributed by atoms with van der Waals surface area (Å²) in [6.07, 6.45) is 0. The van der Waals surface area contributed by atoms with Crippen LogP contribution in [0.15, 0.2) is 287 Å². The molecular formula is C90H68N4O16S2. The molecule has 12 aromatic carbocycles. The van der Waals surface area contributed by atoms with Crippen LogP contribution in [0.2, 0.25) is 0 Å². The van der Waals surface area contributed by atoms with Gasteiger partial charge in [-0.15, -0.1) is 0 Å². The van der Waals surface area contributed by atoms with Crippen molar-refractivity contribution in [1.29, 1.82) is 0 Å². The molecule has 0 spiro atoms. The van der Waals surface area contributed by atoms with Gasteiger partial charge in [0.15, 0.2) is 0 Å². The number of imide groups is 4. The Morgan fingerprint density at radius 3 is 0.938 bits per heavy atom. The first-order valence-electron chi connectivity index (χ1n) is 35.4. The van der Waals surface area contributed by atoms with Crippen molar-refractivity contribution in [3.63, 3.8) is 0 Å². The summed E-state index contributed by atoms with van der Waals surface area (Å²) in [6, 6.07) is 74.1. The molecule has 20 nitrogen and oxygen atoms in total. The maximum absolute atomic E-state index is 13.8. The molecule has 0 bridgehead atoms. The molecule has 0 aliphatic carbocycles. The molecule has 4 heterocycles. The Balaban J connectivity index is 0.000000177. The summed E-state index contributed by atoms with van der Waals surface area (Å²) in [5, 5.41) is 0. The van der Waals surface area contributed by atoms with E-state index in [0.29, 0.717) is 56.9 Å². The van der Waals surface area contributed by atoms with Crippen molar-refractivity contribution in [2.24, 2.45) is 0 Å².